The van der Waals surface area contributed by atoms with E-state index in [1.165, 1.54) is 16.6 Å². The molecule has 1 saturated heterocycles. The van der Waals surface area contributed by atoms with Crippen LogP contribution in [0.3, 0.4) is 0 Å². The Kier molecular flexibility index (Phi) is 7.42. The predicted molar refractivity (Wildman–Crippen MR) is 116 cm³/mol. The van der Waals surface area contributed by atoms with Gasteiger partial charge in [0.2, 0.25) is 5.91 Å². The van der Waals surface area contributed by atoms with Crippen molar-refractivity contribution in [2.45, 2.75) is 25.8 Å². The van der Waals surface area contributed by atoms with Gasteiger partial charge in [0.25, 0.3) is 5.56 Å². The molecular formula is C21H29N5O4. The largest absolute Gasteiger partial charge is 0.383 e. The lowest BCUT2D eigenvalue weighted by Crippen LogP contribution is -2.47. The van der Waals surface area contributed by atoms with Crippen LogP contribution in [0.5, 0.6) is 0 Å². The third-order valence-electron chi connectivity index (χ3n) is 5.30. The number of hydrogen-bond acceptors (Lipinski definition) is 6. The minimum Gasteiger partial charge on any atom is -0.383 e. The van der Waals surface area contributed by atoms with Gasteiger partial charge in [0.1, 0.15) is 5.82 Å². The van der Waals surface area contributed by atoms with Crippen LogP contribution in [-0.2, 0) is 16.1 Å². The summed E-state index contributed by atoms with van der Waals surface area (Å²) in [4.78, 5) is 43.9. The summed E-state index contributed by atoms with van der Waals surface area (Å²) in [6.07, 6.45) is 3.27. The number of carbonyl (C=O) groups is 1. The fourth-order valence-electron chi connectivity index (χ4n) is 3.70. The van der Waals surface area contributed by atoms with Crippen molar-refractivity contribution in [2.75, 3.05) is 50.5 Å². The quantitative estimate of drug-likeness (QED) is 0.654. The fraction of sp³-hybridized carbons (Fsp3) is 0.476. The monoisotopic (exact) mass is 415 g/mol. The lowest BCUT2D eigenvalue weighted by molar-refractivity contribution is -0.120. The molecule has 3 N–H and O–H groups in total. The van der Waals surface area contributed by atoms with Gasteiger partial charge in [-0.3, -0.25) is 24.0 Å². The van der Waals surface area contributed by atoms with Crippen LogP contribution in [0.25, 0.3) is 0 Å². The Morgan fingerprint density at radius 2 is 1.87 bits per heavy atom. The van der Waals surface area contributed by atoms with Crippen molar-refractivity contribution in [3.8, 4) is 0 Å². The van der Waals surface area contributed by atoms with Gasteiger partial charge in [0.05, 0.1) is 19.7 Å². The molecule has 0 unspecified atom stereocenters. The number of hydrogen-bond donors (Lipinski definition) is 2. The number of ether oxygens (including phenoxy) is 1. The van der Waals surface area contributed by atoms with Crippen LogP contribution in [0.1, 0.15) is 24.8 Å². The first-order valence-corrected chi connectivity index (χ1v) is 10.2. The van der Waals surface area contributed by atoms with Crippen molar-refractivity contribution < 1.29 is 9.53 Å². The average Bonchev–Trinajstić information content (AvgIpc) is 2.74. The molecule has 162 valence electrons. The zero-order chi connectivity index (χ0) is 21.5. The maximum absolute atomic E-state index is 13.1. The molecule has 1 amide bonds. The predicted octanol–water partition coefficient (Wildman–Crippen LogP) is 0.632. The number of carbonyl (C=O) groups excluding carboxylic acids is 1. The molecule has 9 heteroatoms. The standard InChI is InChI=1S/C21H29N5O4/c1-30-13-12-25(17(27)15-24-10-6-3-7-11-24)18-19(22)26(21(29)23-20(18)28)14-16-8-4-2-5-9-16/h2,4-5,8-9H,3,6-7,10-15,22H2,1H3,(H,23,28,29). The first-order chi connectivity index (χ1) is 14.5. The van der Waals surface area contributed by atoms with E-state index < -0.39 is 11.2 Å². The topological polar surface area (TPSA) is 114 Å². The van der Waals surface area contributed by atoms with Crippen LogP contribution < -0.4 is 21.9 Å². The van der Waals surface area contributed by atoms with Crippen molar-refractivity contribution in [3.63, 3.8) is 0 Å². The van der Waals surface area contributed by atoms with Gasteiger partial charge in [-0.15, -0.1) is 0 Å². The first kappa shape index (κ1) is 21.8. The number of benzene rings is 1. The van der Waals surface area contributed by atoms with Crippen LogP contribution in [0.2, 0.25) is 0 Å². The molecule has 1 aromatic heterocycles. The van der Waals surface area contributed by atoms with Crippen LogP contribution >= 0.6 is 0 Å². The van der Waals surface area contributed by atoms with Gasteiger partial charge in [-0.25, -0.2) is 4.79 Å². The Bertz CT molecular complexity index is 964. The Labute approximate surface area is 175 Å². The number of aromatic nitrogens is 2. The van der Waals surface area contributed by atoms with E-state index in [4.69, 9.17) is 10.5 Å². The number of aromatic amines is 1. The van der Waals surface area contributed by atoms with Crippen molar-refractivity contribution in [1.29, 1.82) is 0 Å². The van der Waals surface area contributed by atoms with Gasteiger partial charge in [0.15, 0.2) is 5.69 Å². The summed E-state index contributed by atoms with van der Waals surface area (Å²) >= 11 is 0. The smallest absolute Gasteiger partial charge is 0.330 e. The van der Waals surface area contributed by atoms with Crippen molar-refractivity contribution in [3.05, 3.63) is 56.7 Å². The van der Waals surface area contributed by atoms with Crippen molar-refractivity contribution in [2.24, 2.45) is 0 Å². The van der Waals surface area contributed by atoms with Crippen LogP contribution in [-0.4, -0.2) is 60.3 Å². The lowest BCUT2D eigenvalue weighted by atomic mass is 10.1. The summed E-state index contributed by atoms with van der Waals surface area (Å²) in [5.41, 5.74) is 5.83. The molecular weight excluding hydrogens is 386 g/mol. The number of piperidine rings is 1. The van der Waals surface area contributed by atoms with Gasteiger partial charge in [-0.05, 0) is 31.5 Å². The minimum absolute atomic E-state index is 0.00964. The van der Waals surface area contributed by atoms with E-state index in [1.54, 1.807) is 0 Å². The molecule has 0 spiro atoms. The fourth-order valence-corrected chi connectivity index (χ4v) is 3.70. The van der Waals surface area contributed by atoms with Crippen LogP contribution in [0.4, 0.5) is 11.5 Å². The second-order valence-electron chi connectivity index (χ2n) is 7.44. The zero-order valence-corrected chi connectivity index (χ0v) is 17.3. The molecule has 0 radical (unpaired) electrons. The number of likely N-dealkylation sites (tertiary alicyclic amines) is 1. The molecule has 0 bridgehead atoms. The van der Waals surface area contributed by atoms with E-state index in [0.717, 1.165) is 37.9 Å². The summed E-state index contributed by atoms with van der Waals surface area (Å²) < 4.78 is 6.41. The molecule has 0 aliphatic carbocycles. The second-order valence-corrected chi connectivity index (χ2v) is 7.44. The molecule has 1 fully saturated rings. The molecule has 2 aromatic rings. The summed E-state index contributed by atoms with van der Waals surface area (Å²) in [5.74, 6) is -0.272. The summed E-state index contributed by atoms with van der Waals surface area (Å²) in [7, 11) is 1.53. The number of H-pyrrole nitrogens is 1. The molecule has 9 nitrogen and oxygen atoms in total. The molecule has 0 atom stereocenters. The Hall–Kier alpha value is -2.91. The van der Waals surface area contributed by atoms with Crippen LogP contribution in [0, 0.1) is 0 Å². The van der Waals surface area contributed by atoms with Gasteiger partial charge >= 0.3 is 5.69 Å². The normalized spacial score (nSPS) is 14.6. The third-order valence-corrected chi connectivity index (χ3v) is 5.30. The zero-order valence-electron chi connectivity index (χ0n) is 17.3. The minimum atomic E-state index is -0.676. The highest BCUT2D eigenvalue weighted by atomic mass is 16.5. The SMILES string of the molecule is COCCN(C(=O)CN1CCCCC1)c1c(N)n(Cc2ccccc2)c(=O)[nH]c1=O. The summed E-state index contributed by atoms with van der Waals surface area (Å²) in [6, 6.07) is 9.31. The highest BCUT2D eigenvalue weighted by Gasteiger charge is 2.26. The maximum atomic E-state index is 13.1. The first-order valence-electron chi connectivity index (χ1n) is 10.2. The van der Waals surface area contributed by atoms with Gasteiger partial charge < -0.3 is 15.4 Å². The van der Waals surface area contributed by atoms with Crippen molar-refractivity contribution >= 4 is 17.4 Å². The number of amides is 1. The van der Waals surface area contributed by atoms with Crippen LogP contribution in [0.15, 0.2) is 39.9 Å². The lowest BCUT2D eigenvalue weighted by Gasteiger charge is -2.30. The summed E-state index contributed by atoms with van der Waals surface area (Å²) in [6.45, 7) is 2.49. The summed E-state index contributed by atoms with van der Waals surface area (Å²) in [5, 5.41) is 0. The van der Waals surface area contributed by atoms with Gasteiger partial charge in [-0.2, -0.15) is 0 Å². The molecule has 2 heterocycles. The molecule has 30 heavy (non-hydrogen) atoms. The number of rotatable bonds is 8. The highest BCUT2D eigenvalue weighted by molar-refractivity contribution is 5.96. The highest BCUT2D eigenvalue weighted by Crippen LogP contribution is 2.19. The average molecular weight is 415 g/mol. The van der Waals surface area contributed by atoms with Crippen molar-refractivity contribution in [1.82, 2.24) is 14.5 Å². The maximum Gasteiger partial charge on any atom is 0.330 e. The van der Waals surface area contributed by atoms with E-state index in [1.807, 2.05) is 30.3 Å². The Balaban J connectivity index is 1.95. The number of nitrogens with two attached hydrogens (primary N) is 1. The van der Waals surface area contributed by atoms with Gasteiger partial charge in [0, 0.05) is 13.7 Å². The van der Waals surface area contributed by atoms with E-state index in [2.05, 4.69) is 9.88 Å². The number of anilines is 2. The number of nitrogens with one attached hydrogen (secondary N) is 1. The van der Waals surface area contributed by atoms with E-state index in [-0.39, 0.29) is 43.7 Å². The van der Waals surface area contributed by atoms with Gasteiger partial charge in [-0.1, -0.05) is 36.8 Å². The van der Waals surface area contributed by atoms with E-state index >= 15 is 0 Å². The number of nitrogen functional groups attached to an aromatic ring is 1. The Morgan fingerprint density at radius 3 is 2.53 bits per heavy atom. The molecule has 3 rings (SSSR count). The Morgan fingerprint density at radius 1 is 1.17 bits per heavy atom. The number of nitrogens with zero attached hydrogens (tertiary/aromatic N) is 3. The van der Waals surface area contributed by atoms with E-state index in [9.17, 15) is 14.4 Å². The molecule has 0 saturated carbocycles. The third kappa shape index (κ3) is 5.17. The van der Waals surface area contributed by atoms with E-state index in [0.29, 0.717) is 0 Å². The number of methoxy groups -OCH3 is 1. The molecule has 1 aliphatic heterocycles. The second kappa shape index (κ2) is 10.2. The molecule has 1 aromatic carbocycles. The molecule has 1 aliphatic rings.